The molecular weight excluding hydrogens is 430 g/mol. The molecule has 0 saturated carbocycles. The molecule has 1 saturated heterocycles. The first-order chi connectivity index (χ1) is 15.9. The minimum absolute atomic E-state index is 0.193. The number of hydrogen-bond donors (Lipinski definition) is 2. The van der Waals surface area contributed by atoms with Gasteiger partial charge in [0.2, 0.25) is 0 Å². The molecule has 0 spiro atoms. The van der Waals surface area contributed by atoms with Gasteiger partial charge in [-0.1, -0.05) is 38.2 Å². The summed E-state index contributed by atoms with van der Waals surface area (Å²) in [6, 6.07) is 12.4. The minimum Gasteiger partial charge on any atom is -0.384 e. The molecule has 3 heterocycles. The van der Waals surface area contributed by atoms with Crippen LogP contribution >= 0.6 is 12.2 Å². The predicted octanol–water partition coefficient (Wildman–Crippen LogP) is 5.17. The Labute approximate surface area is 198 Å². The van der Waals surface area contributed by atoms with Crippen molar-refractivity contribution in [3.8, 4) is 17.8 Å². The second-order valence-electron chi connectivity index (χ2n) is 8.52. The van der Waals surface area contributed by atoms with E-state index in [2.05, 4.69) is 35.9 Å². The molecule has 0 amide bonds. The van der Waals surface area contributed by atoms with Gasteiger partial charge in [0, 0.05) is 24.2 Å². The molecule has 0 radical (unpaired) electrons. The third-order valence-electron chi connectivity index (χ3n) is 6.58. The summed E-state index contributed by atoms with van der Waals surface area (Å²) in [5, 5.41) is 21.0. The number of aromatic nitrogens is 2. The number of fused-ring (bicyclic) bond motifs is 1. The zero-order valence-corrected chi connectivity index (χ0v) is 19.7. The average Bonchev–Trinajstić information content (AvgIpc) is 2.84. The van der Waals surface area contributed by atoms with Crippen LogP contribution in [0.15, 0.2) is 24.3 Å². The first-order valence-corrected chi connectivity index (χ1v) is 11.7. The summed E-state index contributed by atoms with van der Waals surface area (Å²) in [7, 11) is 0. The number of nitrogens with zero attached hydrogens (tertiary/aromatic N) is 5. The molecule has 33 heavy (non-hydrogen) atoms. The molecule has 168 valence electrons. The van der Waals surface area contributed by atoms with Gasteiger partial charge in [-0.3, -0.25) is 4.57 Å². The summed E-state index contributed by atoms with van der Waals surface area (Å²) in [6.07, 6.45) is 4.22. The summed E-state index contributed by atoms with van der Waals surface area (Å²) in [5.41, 5.74) is 15.5. The van der Waals surface area contributed by atoms with E-state index in [4.69, 9.17) is 23.7 Å². The highest BCUT2D eigenvalue weighted by Crippen LogP contribution is 2.38. The number of rotatable bonds is 4. The van der Waals surface area contributed by atoms with Crippen LogP contribution in [0, 0.1) is 27.3 Å². The molecule has 0 unspecified atom stereocenters. The zero-order chi connectivity index (χ0) is 23.7. The number of nitriles is 2. The van der Waals surface area contributed by atoms with Gasteiger partial charge >= 0.3 is 0 Å². The number of hydrogen-bond acceptors (Lipinski definition) is 7. The van der Waals surface area contributed by atoms with Crippen molar-refractivity contribution < 1.29 is 0 Å². The first kappa shape index (κ1) is 22.6. The molecule has 3 aromatic rings. The fraction of sp³-hybridized carbons (Fsp3) is 0.360. The molecule has 2 aromatic heterocycles. The van der Waals surface area contributed by atoms with Crippen LogP contribution in [0.3, 0.4) is 0 Å². The Morgan fingerprint density at radius 3 is 2.24 bits per heavy atom. The number of anilines is 3. The van der Waals surface area contributed by atoms with Gasteiger partial charge in [-0.05, 0) is 49.3 Å². The maximum atomic E-state index is 10.1. The van der Waals surface area contributed by atoms with E-state index in [1.165, 1.54) is 5.56 Å². The van der Waals surface area contributed by atoms with E-state index in [1.807, 2.05) is 24.3 Å². The van der Waals surface area contributed by atoms with Crippen LogP contribution in [0.25, 0.3) is 16.5 Å². The third-order valence-corrected chi connectivity index (χ3v) is 6.97. The maximum Gasteiger partial charge on any atom is 0.149 e. The summed E-state index contributed by atoms with van der Waals surface area (Å²) in [4.78, 5) is 6.65. The van der Waals surface area contributed by atoms with E-state index in [9.17, 15) is 10.5 Å². The molecule has 0 bridgehead atoms. The molecule has 4 N–H and O–H groups in total. The Morgan fingerprint density at radius 1 is 1.03 bits per heavy atom. The zero-order valence-electron chi connectivity index (χ0n) is 18.9. The normalized spacial score (nSPS) is 14.6. The smallest absolute Gasteiger partial charge is 0.149 e. The van der Waals surface area contributed by atoms with Crippen molar-refractivity contribution in [2.75, 3.05) is 29.5 Å². The highest BCUT2D eigenvalue weighted by atomic mass is 32.1. The summed E-state index contributed by atoms with van der Waals surface area (Å²) in [5.74, 6) is 1.40. The largest absolute Gasteiger partial charge is 0.384 e. The van der Waals surface area contributed by atoms with Gasteiger partial charge in [0.15, 0.2) is 0 Å². The lowest BCUT2D eigenvalue weighted by atomic mass is 9.98. The standard InChI is InChI=1S/C25H27N7S/c1-3-15(2)16-7-9-17(10-8-16)32-23(29)21-20(19(14-27)25(32)33)18(13-26)24(30-22(21)28)31-11-5-4-6-12-31/h7-10,15H,3-6,11-12,29H2,1-2H3,(H2,28,30)/t15-/m0/s1. The molecule has 1 aliphatic rings. The van der Waals surface area contributed by atoms with Crippen molar-refractivity contribution in [1.29, 1.82) is 10.5 Å². The van der Waals surface area contributed by atoms with Gasteiger partial charge in [0.05, 0.1) is 10.9 Å². The molecule has 1 aliphatic heterocycles. The second-order valence-corrected chi connectivity index (χ2v) is 8.91. The summed E-state index contributed by atoms with van der Waals surface area (Å²) in [6.45, 7) is 5.91. The van der Waals surface area contributed by atoms with Crippen molar-refractivity contribution in [2.24, 2.45) is 0 Å². The van der Waals surface area contributed by atoms with Gasteiger partial charge in [0.1, 0.15) is 39.8 Å². The lowest BCUT2D eigenvalue weighted by Crippen LogP contribution is -2.31. The Bertz CT molecular complexity index is 1350. The van der Waals surface area contributed by atoms with Crippen LogP contribution in [0.5, 0.6) is 0 Å². The van der Waals surface area contributed by atoms with E-state index in [1.54, 1.807) is 4.57 Å². The van der Waals surface area contributed by atoms with Gasteiger partial charge in [0.25, 0.3) is 0 Å². The van der Waals surface area contributed by atoms with E-state index >= 15 is 0 Å². The number of piperidine rings is 1. The Kier molecular flexibility index (Phi) is 6.22. The predicted molar refractivity (Wildman–Crippen MR) is 135 cm³/mol. The van der Waals surface area contributed by atoms with Crippen LogP contribution < -0.4 is 16.4 Å². The second kappa shape index (κ2) is 9.09. The van der Waals surface area contributed by atoms with Crippen LogP contribution in [-0.4, -0.2) is 22.6 Å². The molecule has 7 nitrogen and oxygen atoms in total. The first-order valence-electron chi connectivity index (χ1n) is 11.3. The Morgan fingerprint density at radius 2 is 1.67 bits per heavy atom. The third kappa shape index (κ3) is 3.77. The van der Waals surface area contributed by atoms with Crippen molar-refractivity contribution in [1.82, 2.24) is 9.55 Å². The van der Waals surface area contributed by atoms with Crippen LogP contribution in [0.2, 0.25) is 0 Å². The van der Waals surface area contributed by atoms with E-state index in [-0.39, 0.29) is 21.8 Å². The fourth-order valence-electron chi connectivity index (χ4n) is 4.53. The molecule has 1 atom stereocenters. The van der Waals surface area contributed by atoms with Gasteiger partial charge in [-0.25, -0.2) is 4.98 Å². The summed E-state index contributed by atoms with van der Waals surface area (Å²) < 4.78 is 1.90. The lowest BCUT2D eigenvalue weighted by molar-refractivity contribution is 0.573. The van der Waals surface area contributed by atoms with Crippen molar-refractivity contribution in [3.05, 3.63) is 45.6 Å². The molecule has 8 heteroatoms. The number of pyridine rings is 2. The summed E-state index contributed by atoms with van der Waals surface area (Å²) >= 11 is 5.72. The fourth-order valence-corrected chi connectivity index (χ4v) is 4.88. The van der Waals surface area contributed by atoms with Crippen LogP contribution in [0.4, 0.5) is 17.5 Å². The van der Waals surface area contributed by atoms with Gasteiger partial charge in [-0.2, -0.15) is 10.5 Å². The molecule has 4 rings (SSSR count). The SMILES string of the molecule is CC[C@H](C)c1ccc(-n2c(N)c3c(N)nc(N4CCCCC4)c(C#N)c3c(C#N)c2=S)cc1. The topological polar surface area (TPSA) is 121 Å². The molecule has 1 aromatic carbocycles. The number of nitrogen functional groups attached to an aromatic ring is 2. The average molecular weight is 458 g/mol. The molecule has 1 fully saturated rings. The number of nitrogens with two attached hydrogens (primary N) is 2. The monoisotopic (exact) mass is 457 g/mol. The maximum absolute atomic E-state index is 10.1. The van der Waals surface area contributed by atoms with E-state index in [0.717, 1.165) is 44.5 Å². The highest BCUT2D eigenvalue weighted by molar-refractivity contribution is 7.71. The minimum atomic E-state index is 0.193. The number of benzene rings is 1. The van der Waals surface area contributed by atoms with E-state index < -0.39 is 0 Å². The Balaban J connectivity index is 2.02. The van der Waals surface area contributed by atoms with Gasteiger partial charge in [-0.15, -0.1) is 0 Å². The van der Waals surface area contributed by atoms with Crippen LogP contribution in [-0.2, 0) is 0 Å². The Hall–Kier alpha value is -3.62. The van der Waals surface area contributed by atoms with E-state index in [0.29, 0.717) is 28.1 Å². The van der Waals surface area contributed by atoms with Crippen molar-refractivity contribution >= 4 is 40.4 Å². The molecular formula is C25H27N7S. The van der Waals surface area contributed by atoms with Crippen molar-refractivity contribution in [2.45, 2.75) is 45.4 Å². The van der Waals surface area contributed by atoms with Crippen LogP contribution in [0.1, 0.15) is 62.1 Å². The van der Waals surface area contributed by atoms with Gasteiger partial charge < -0.3 is 16.4 Å². The lowest BCUT2D eigenvalue weighted by Gasteiger charge is -2.29. The van der Waals surface area contributed by atoms with Crippen molar-refractivity contribution in [3.63, 3.8) is 0 Å². The highest BCUT2D eigenvalue weighted by Gasteiger charge is 2.25. The quantitative estimate of drug-likeness (QED) is 0.519. The molecule has 0 aliphatic carbocycles.